The van der Waals surface area contributed by atoms with E-state index in [1.807, 2.05) is 12.1 Å². The fraction of sp³-hybridized carbons (Fsp3) is 0.120. The number of nitrogens with one attached hydrogen (secondary N) is 1. The predicted octanol–water partition coefficient (Wildman–Crippen LogP) is 3.75. The fourth-order valence-corrected chi connectivity index (χ4v) is 5.17. The molecule has 1 aliphatic rings. The van der Waals surface area contributed by atoms with Crippen molar-refractivity contribution in [2.75, 3.05) is 19.4 Å². The fourth-order valence-electron chi connectivity index (χ4n) is 3.87. The number of anilines is 1. The van der Waals surface area contributed by atoms with Gasteiger partial charge >= 0.3 is 5.97 Å². The molecule has 0 unspecified atom stereocenters. The Bertz CT molecular complexity index is 1580. The van der Waals surface area contributed by atoms with Crippen molar-refractivity contribution < 1.29 is 19.4 Å². The molecule has 3 heterocycles. The van der Waals surface area contributed by atoms with E-state index in [9.17, 15) is 9.59 Å². The molecule has 37 heavy (non-hydrogen) atoms. The van der Waals surface area contributed by atoms with Gasteiger partial charge in [-0.25, -0.2) is 19.7 Å². The number of nitrogens with zero attached hydrogens (tertiary/aromatic N) is 4. The number of aromatic nitrogens is 4. The molecule has 1 aliphatic heterocycles. The molecule has 12 heteroatoms. The Labute approximate surface area is 220 Å². The normalized spacial score (nSPS) is 14.6. The van der Waals surface area contributed by atoms with Gasteiger partial charge in [0.05, 0.1) is 29.5 Å². The SMILES string of the molecule is COc1ccc(C=C2SC(=S)N(CCc3ccc(C(=O)O)cc3)C2=O)cc1-c1nc(N)c2[nH]cnc2n1. The van der Waals surface area contributed by atoms with Crippen molar-refractivity contribution >= 4 is 63.2 Å². The molecule has 0 radical (unpaired) electrons. The second-order valence-corrected chi connectivity index (χ2v) is 9.75. The van der Waals surface area contributed by atoms with E-state index in [2.05, 4.69) is 19.9 Å². The van der Waals surface area contributed by atoms with E-state index >= 15 is 0 Å². The number of carbonyl (C=O) groups is 2. The zero-order valence-electron chi connectivity index (χ0n) is 19.5. The minimum atomic E-state index is -0.980. The van der Waals surface area contributed by atoms with Crippen LogP contribution in [0.4, 0.5) is 5.82 Å². The lowest BCUT2D eigenvalue weighted by molar-refractivity contribution is -0.122. The molecular weight excluding hydrogens is 512 g/mol. The highest BCUT2D eigenvalue weighted by molar-refractivity contribution is 8.26. The quantitative estimate of drug-likeness (QED) is 0.237. The molecule has 1 amide bonds. The summed E-state index contributed by atoms with van der Waals surface area (Å²) in [7, 11) is 1.55. The summed E-state index contributed by atoms with van der Waals surface area (Å²) in [4.78, 5) is 42.2. The number of rotatable bonds is 7. The van der Waals surface area contributed by atoms with Gasteiger partial charge in [-0.05, 0) is 47.9 Å². The third kappa shape index (κ3) is 4.88. The van der Waals surface area contributed by atoms with Gasteiger partial charge in [-0.3, -0.25) is 9.69 Å². The number of fused-ring (bicyclic) bond motifs is 1. The Morgan fingerprint density at radius 3 is 2.76 bits per heavy atom. The number of hydrogen-bond donors (Lipinski definition) is 3. The average Bonchev–Trinajstić information content (AvgIpc) is 3.47. The number of H-pyrrole nitrogens is 1. The van der Waals surface area contributed by atoms with E-state index in [-0.39, 0.29) is 17.3 Å². The summed E-state index contributed by atoms with van der Waals surface area (Å²) in [5.41, 5.74) is 9.54. The summed E-state index contributed by atoms with van der Waals surface area (Å²) < 4.78 is 5.97. The highest BCUT2D eigenvalue weighted by Crippen LogP contribution is 2.35. The molecule has 186 valence electrons. The van der Waals surface area contributed by atoms with Gasteiger partial charge in [0, 0.05) is 6.54 Å². The zero-order valence-corrected chi connectivity index (χ0v) is 21.1. The number of hydrogen-bond acceptors (Lipinski definition) is 9. The topological polar surface area (TPSA) is 147 Å². The van der Waals surface area contributed by atoms with Crippen LogP contribution in [-0.4, -0.2) is 59.8 Å². The van der Waals surface area contributed by atoms with Crippen molar-refractivity contribution in [1.29, 1.82) is 0 Å². The van der Waals surface area contributed by atoms with Crippen LogP contribution in [0.15, 0.2) is 53.7 Å². The van der Waals surface area contributed by atoms with Crippen molar-refractivity contribution in [2.45, 2.75) is 6.42 Å². The maximum Gasteiger partial charge on any atom is 0.335 e. The monoisotopic (exact) mass is 532 g/mol. The van der Waals surface area contributed by atoms with Crippen LogP contribution in [0.1, 0.15) is 21.5 Å². The Morgan fingerprint density at radius 1 is 1.24 bits per heavy atom. The number of thiocarbonyl (C=S) groups is 1. The number of ether oxygens (including phenoxy) is 1. The van der Waals surface area contributed by atoms with E-state index in [1.54, 1.807) is 48.4 Å². The molecule has 4 N–H and O–H groups in total. The number of carboxylic acids is 1. The van der Waals surface area contributed by atoms with Crippen molar-refractivity contribution in [2.24, 2.45) is 0 Å². The Hall–Kier alpha value is -4.29. The Morgan fingerprint density at radius 2 is 2.03 bits per heavy atom. The van der Waals surface area contributed by atoms with Crippen molar-refractivity contribution in [1.82, 2.24) is 24.8 Å². The highest BCUT2D eigenvalue weighted by Gasteiger charge is 2.31. The standard InChI is InChI=1S/C25H20N6O4S2/c1-35-17-7-4-14(10-16(17)21-29-20(26)19-22(30-21)28-12-27-19)11-18-23(32)31(25(36)37-18)9-8-13-2-5-15(6-3-13)24(33)34/h2-7,10-12H,8-9H2,1H3,(H,33,34)(H3,26,27,28,29,30). The largest absolute Gasteiger partial charge is 0.496 e. The van der Waals surface area contributed by atoms with Gasteiger partial charge in [-0.2, -0.15) is 0 Å². The number of nitrogen functional groups attached to an aromatic ring is 1. The van der Waals surface area contributed by atoms with Crippen LogP contribution in [0.25, 0.3) is 28.6 Å². The molecule has 10 nitrogen and oxygen atoms in total. The van der Waals surface area contributed by atoms with Gasteiger partial charge < -0.3 is 20.6 Å². The van der Waals surface area contributed by atoms with E-state index in [1.165, 1.54) is 18.1 Å². The van der Waals surface area contributed by atoms with Crippen LogP contribution in [0.5, 0.6) is 5.75 Å². The third-order valence-electron chi connectivity index (χ3n) is 5.77. The van der Waals surface area contributed by atoms with Gasteiger partial charge in [-0.15, -0.1) is 0 Å². The van der Waals surface area contributed by atoms with Gasteiger partial charge in [-0.1, -0.05) is 42.2 Å². The lowest BCUT2D eigenvalue weighted by atomic mass is 10.1. The lowest BCUT2D eigenvalue weighted by Crippen LogP contribution is -2.30. The number of thioether (sulfide) groups is 1. The summed E-state index contributed by atoms with van der Waals surface area (Å²) >= 11 is 6.69. The summed E-state index contributed by atoms with van der Waals surface area (Å²) in [6.07, 6.45) is 3.81. The minimum Gasteiger partial charge on any atom is -0.496 e. The molecular formula is C25H20N6O4S2. The number of carboxylic acid groups (broad SMARTS) is 1. The lowest BCUT2D eigenvalue weighted by Gasteiger charge is -2.14. The first-order valence-electron chi connectivity index (χ1n) is 11.1. The van der Waals surface area contributed by atoms with E-state index < -0.39 is 5.97 Å². The number of methoxy groups -OCH3 is 1. The van der Waals surface area contributed by atoms with Crippen molar-refractivity contribution in [3.8, 4) is 17.1 Å². The molecule has 1 saturated heterocycles. The maximum atomic E-state index is 13.1. The minimum absolute atomic E-state index is 0.187. The Balaban J connectivity index is 1.38. The van der Waals surface area contributed by atoms with Crippen LogP contribution in [0, 0.1) is 0 Å². The molecule has 0 aliphatic carbocycles. The van der Waals surface area contributed by atoms with Crippen LogP contribution in [0.3, 0.4) is 0 Å². The van der Waals surface area contributed by atoms with E-state index in [0.29, 0.717) is 50.5 Å². The number of aromatic amines is 1. The summed E-state index contributed by atoms with van der Waals surface area (Å²) in [6, 6.07) is 12.0. The molecule has 0 atom stereocenters. The number of benzene rings is 2. The van der Waals surface area contributed by atoms with Gasteiger partial charge in [0.25, 0.3) is 5.91 Å². The molecule has 2 aromatic heterocycles. The smallest absolute Gasteiger partial charge is 0.335 e. The number of nitrogens with two attached hydrogens (primary N) is 1. The Kier molecular flexibility index (Phi) is 6.59. The molecule has 0 saturated carbocycles. The average molecular weight is 533 g/mol. The first-order chi connectivity index (χ1) is 17.8. The summed E-state index contributed by atoms with van der Waals surface area (Å²) in [5, 5.41) is 9.05. The van der Waals surface area contributed by atoms with Crippen LogP contribution in [-0.2, 0) is 11.2 Å². The molecule has 4 aromatic rings. The molecule has 5 rings (SSSR count). The van der Waals surface area contributed by atoms with Crippen molar-refractivity contribution in [3.05, 3.63) is 70.4 Å². The predicted molar refractivity (Wildman–Crippen MR) is 145 cm³/mol. The van der Waals surface area contributed by atoms with Gasteiger partial charge in [0.15, 0.2) is 17.3 Å². The van der Waals surface area contributed by atoms with Crippen LogP contribution in [0.2, 0.25) is 0 Å². The van der Waals surface area contributed by atoms with Gasteiger partial charge in [0.2, 0.25) is 0 Å². The third-order valence-corrected chi connectivity index (χ3v) is 7.15. The molecule has 2 aromatic carbocycles. The molecule has 0 bridgehead atoms. The van der Waals surface area contributed by atoms with Crippen LogP contribution < -0.4 is 10.5 Å². The maximum absolute atomic E-state index is 13.1. The van der Waals surface area contributed by atoms with E-state index in [4.69, 9.17) is 27.8 Å². The number of carbonyl (C=O) groups excluding carboxylic acids is 1. The number of imidazole rings is 1. The first kappa shape index (κ1) is 24.4. The van der Waals surface area contributed by atoms with Crippen LogP contribution >= 0.6 is 24.0 Å². The number of amides is 1. The molecule has 0 spiro atoms. The number of aromatic carboxylic acids is 1. The second kappa shape index (κ2) is 9.99. The first-order valence-corrected chi connectivity index (χ1v) is 12.3. The molecule has 1 fully saturated rings. The van der Waals surface area contributed by atoms with Gasteiger partial charge in [0.1, 0.15) is 15.6 Å². The summed E-state index contributed by atoms with van der Waals surface area (Å²) in [6.45, 7) is 0.388. The van der Waals surface area contributed by atoms with E-state index in [0.717, 1.165) is 11.1 Å². The summed E-state index contributed by atoms with van der Waals surface area (Å²) in [5.74, 6) is 0.00184. The second-order valence-electron chi connectivity index (χ2n) is 8.08. The zero-order chi connectivity index (χ0) is 26.1. The highest BCUT2D eigenvalue weighted by atomic mass is 32.2. The van der Waals surface area contributed by atoms with Crippen molar-refractivity contribution in [3.63, 3.8) is 0 Å².